The van der Waals surface area contributed by atoms with Crippen molar-refractivity contribution in [3.8, 4) is 5.88 Å². The fourth-order valence-corrected chi connectivity index (χ4v) is 3.61. The van der Waals surface area contributed by atoms with Crippen molar-refractivity contribution in [1.82, 2.24) is 15.3 Å². The molecular formula is C22H24F6N4O3. The van der Waals surface area contributed by atoms with E-state index in [2.05, 4.69) is 15.3 Å². The molecule has 0 spiro atoms. The number of aromatic nitrogens is 2. The minimum Gasteiger partial charge on any atom is -0.475 e. The second-order valence-electron chi connectivity index (χ2n) is 7.81. The lowest BCUT2D eigenvalue weighted by atomic mass is 10.1. The van der Waals surface area contributed by atoms with Crippen LogP contribution in [0.1, 0.15) is 29.8 Å². The van der Waals surface area contributed by atoms with Gasteiger partial charge in [-0.2, -0.15) is 31.3 Å². The topological polar surface area (TPSA) is 76.6 Å². The molecule has 1 N–H and O–H groups in total. The molecule has 1 aliphatic heterocycles. The van der Waals surface area contributed by atoms with Crippen molar-refractivity contribution in [2.45, 2.75) is 37.7 Å². The summed E-state index contributed by atoms with van der Waals surface area (Å²) in [6, 6.07) is 5.10. The van der Waals surface area contributed by atoms with Crippen LogP contribution in [-0.2, 0) is 28.3 Å². The standard InChI is InChI=1S/C22H24F6N4O3/c1-34-11-12-35-18-13-17(30-20(31-18)22(26,27)28)32-10-2-3-16(32)19(33)29-9-8-14-4-6-15(7-5-14)21(23,24)25/h4-7,13,16H,2-3,8-12H2,1H3,(H,29,33)/t16-/m0/s1. The van der Waals surface area contributed by atoms with Crippen LogP contribution in [0, 0.1) is 0 Å². The number of methoxy groups -OCH3 is 1. The molecule has 3 rings (SSSR count). The van der Waals surface area contributed by atoms with E-state index in [0.29, 0.717) is 31.4 Å². The molecule has 0 aliphatic carbocycles. The van der Waals surface area contributed by atoms with Gasteiger partial charge in [0.15, 0.2) is 0 Å². The van der Waals surface area contributed by atoms with Gasteiger partial charge in [0.1, 0.15) is 18.5 Å². The number of carbonyl (C=O) groups is 1. The molecule has 1 aromatic heterocycles. The molecule has 1 fully saturated rings. The fourth-order valence-electron chi connectivity index (χ4n) is 3.61. The minimum atomic E-state index is -4.81. The van der Waals surface area contributed by atoms with Crippen molar-refractivity contribution in [2.24, 2.45) is 0 Å². The monoisotopic (exact) mass is 506 g/mol. The lowest BCUT2D eigenvalue weighted by Crippen LogP contribution is -2.44. The van der Waals surface area contributed by atoms with Crippen molar-refractivity contribution in [2.75, 3.05) is 38.3 Å². The van der Waals surface area contributed by atoms with Crippen LogP contribution in [0.3, 0.4) is 0 Å². The first kappa shape index (κ1) is 26.5. The number of carbonyl (C=O) groups excluding carboxylic acids is 1. The summed E-state index contributed by atoms with van der Waals surface area (Å²) in [5.74, 6) is -2.16. The van der Waals surface area contributed by atoms with E-state index in [1.807, 2.05) is 0 Å². The van der Waals surface area contributed by atoms with Crippen LogP contribution in [-0.4, -0.2) is 55.3 Å². The Morgan fingerprint density at radius 3 is 2.43 bits per heavy atom. The maximum atomic E-state index is 13.3. The molecule has 1 amide bonds. The summed E-state index contributed by atoms with van der Waals surface area (Å²) < 4.78 is 88.1. The summed E-state index contributed by atoms with van der Waals surface area (Å²) in [5, 5.41) is 2.70. The van der Waals surface area contributed by atoms with Crippen LogP contribution in [0.15, 0.2) is 30.3 Å². The molecule has 192 valence electrons. The molecule has 0 saturated carbocycles. The third-order valence-corrected chi connectivity index (χ3v) is 5.32. The molecule has 1 aliphatic rings. The molecule has 35 heavy (non-hydrogen) atoms. The van der Waals surface area contributed by atoms with E-state index in [4.69, 9.17) is 9.47 Å². The van der Waals surface area contributed by atoms with Crippen molar-refractivity contribution < 1.29 is 40.6 Å². The first-order chi connectivity index (χ1) is 16.5. The van der Waals surface area contributed by atoms with Gasteiger partial charge in [-0.15, -0.1) is 0 Å². The number of anilines is 1. The van der Waals surface area contributed by atoms with Crippen molar-refractivity contribution in [3.63, 3.8) is 0 Å². The predicted octanol–water partition coefficient (Wildman–Crippen LogP) is 3.87. The summed E-state index contributed by atoms with van der Waals surface area (Å²) in [7, 11) is 1.42. The summed E-state index contributed by atoms with van der Waals surface area (Å²) in [4.78, 5) is 21.3. The SMILES string of the molecule is COCCOc1cc(N2CCC[C@H]2C(=O)NCCc2ccc(C(F)(F)F)cc2)nc(C(F)(F)F)n1. The Morgan fingerprint density at radius 1 is 1.09 bits per heavy atom. The van der Waals surface area contributed by atoms with Crippen molar-refractivity contribution in [3.05, 3.63) is 47.3 Å². The minimum absolute atomic E-state index is 0.0158. The van der Waals surface area contributed by atoms with Gasteiger partial charge >= 0.3 is 12.4 Å². The zero-order valence-electron chi connectivity index (χ0n) is 18.7. The summed E-state index contributed by atoms with van der Waals surface area (Å²) >= 11 is 0. The van der Waals surface area contributed by atoms with E-state index < -0.39 is 35.7 Å². The molecule has 1 saturated heterocycles. The van der Waals surface area contributed by atoms with E-state index in [1.54, 1.807) is 0 Å². The van der Waals surface area contributed by atoms with Gasteiger partial charge in [-0.25, -0.2) is 4.98 Å². The molecule has 2 aromatic rings. The number of alkyl halides is 6. The van der Waals surface area contributed by atoms with E-state index in [1.165, 1.54) is 30.2 Å². The van der Waals surface area contributed by atoms with Gasteiger partial charge in [0.05, 0.1) is 12.2 Å². The van der Waals surface area contributed by atoms with Crippen LogP contribution in [0.5, 0.6) is 5.88 Å². The third kappa shape index (κ3) is 7.20. The van der Waals surface area contributed by atoms with E-state index >= 15 is 0 Å². The number of halogens is 6. The van der Waals surface area contributed by atoms with Crippen LogP contribution >= 0.6 is 0 Å². The number of hydrogen-bond acceptors (Lipinski definition) is 6. The number of hydrogen-bond donors (Lipinski definition) is 1. The molecule has 7 nitrogen and oxygen atoms in total. The lowest BCUT2D eigenvalue weighted by molar-refractivity contribution is -0.145. The average Bonchev–Trinajstić information content (AvgIpc) is 3.28. The number of amides is 1. The second kappa shape index (κ2) is 11.1. The number of nitrogens with zero attached hydrogens (tertiary/aromatic N) is 3. The first-order valence-electron chi connectivity index (χ1n) is 10.8. The molecule has 13 heteroatoms. The van der Waals surface area contributed by atoms with Gasteiger partial charge in [0.25, 0.3) is 0 Å². The Morgan fingerprint density at radius 2 is 1.80 bits per heavy atom. The maximum absolute atomic E-state index is 13.3. The Kier molecular flexibility index (Phi) is 8.41. The van der Waals surface area contributed by atoms with Gasteiger partial charge in [-0.3, -0.25) is 4.79 Å². The van der Waals surface area contributed by atoms with E-state index in [9.17, 15) is 31.1 Å². The first-order valence-corrected chi connectivity index (χ1v) is 10.8. The Balaban J connectivity index is 1.66. The zero-order chi connectivity index (χ0) is 25.6. The van der Waals surface area contributed by atoms with Crippen molar-refractivity contribution >= 4 is 11.7 Å². The summed E-state index contributed by atoms with van der Waals surface area (Å²) in [6.07, 6.45) is -7.99. The van der Waals surface area contributed by atoms with Gasteiger partial charge in [0.2, 0.25) is 17.6 Å². The van der Waals surface area contributed by atoms with Gasteiger partial charge in [-0.05, 0) is 37.0 Å². The quantitative estimate of drug-likeness (QED) is 0.411. The average molecular weight is 506 g/mol. The molecule has 0 unspecified atom stereocenters. The molecule has 1 aromatic carbocycles. The third-order valence-electron chi connectivity index (χ3n) is 5.32. The van der Waals surface area contributed by atoms with Gasteiger partial charge in [-0.1, -0.05) is 12.1 Å². The van der Waals surface area contributed by atoms with Crippen LogP contribution in [0.25, 0.3) is 0 Å². The fraction of sp³-hybridized carbons (Fsp3) is 0.500. The predicted molar refractivity (Wildman–Crippen MR) is 113 cm³/mol. The number of benzene rings is 1. The lowest BCUT2D eigenvalue weighted by Gasteiger charge is -2.25. The molecular weight excluding hydrogens is 482 g/mol. The normalized spacial score (nSPS) is 16.4. The molecule has 1 atom stereocenters. The van der Waals surface area contributed by atoms with Crippen LogP contribution in [0.2, 0.25) is 0 Å². The highest BCUT2D eigenvalue weighted by atomic mass is 19.4. The van der Waals surface area contributed by atoms with E-state index in [0.717, 1.165) is 12.1 Å². The largest absolute Gasteiger partial charge is 0.475 e. The second-order valence-corrected chi connectivity index (χ2v) is 7.81. The van der Waals surface area contributed by atoms with E-state index in [-0.39, 0.29) is 31.5 Å². The highest BCUT2D eigenvalue weighted by Gasteiger charge is 2.38. The molecule has 0 radical (unpaired) electrons. The Labute approximate surface area is 197 Å². The Bertz CT molecular complexity index is 998. The number of rotatable bonds is 9. The molecule has 2 heterocycles. The maximum Gasteiger partial charge on any atom is 0.451 e. The smallest absolute Gasteiger partial charge is 0.451 e. The zero-order valence-corrected chi connectivity index (χ0v) is 18.7. The Hall–Kier alpha value is -3.09. The highest BCUT2D eigenvalue weighted by Crippen LogP contribution is 2.32. The van der Waals surface area contributed by atoms with Gasteiger partial charge < -0.3 is 19.7 Å². The van der Waals surface area contributed by atoms with Crippen molar-refractivity contribution in [1.29, 1.82) is 0 Å². The summed E-state index contributed by atoms with van der Waals surface area (Å²) in [5.41, 5.74) is -0.162. The number of ether oxygens (including phenoxy) is 2. The van der Waals surface area contributed by atoms with Crippen LogP contribution in [0.4, 0.5) is 32.2 Å². The van der Waals surface area contributed by atoms with Crippen LogP contribution < -0.4 is 15.0 Å². The highest BCUT2D eigenvalue weighted by molar-refractivity contribution is 5.85. The number of nitrogens with one attached hydrogen (secondary N) is 1. The summed E-state index contributed by atoms with van der Waals surface area (Å²) in [6.45, 7) is 0.590. The molecule has 0 bridgehead atoms. The van der Waals surface area contributed by atoms with Gasteiger partial charge in [0, 0.05) is 26.3 Å².